The van der Waals surface area contributed by atoms with Gasteiger partial charge in [0.05, 0.1) is 12.0 Å². The highest BCUT2D eigenvalue weighted by molar-refractivity contribution is 5.84. The van der Waals surface area contributed by atoms with Gasteiger partial charge in [-0.2, -0.15) is 0 Å². The summed E-state index contributed by atoms with van der Waals surface area (Å²) < 4.78 is 0. The molecule has 1 heterocycles. The molecule has 0 aromatic heterocycles. The Morgan fingerprint density at radius 2 is 1.82 bits per heavy atom. The van der Waals surface area contributed by atoms with Gasteiger partial charge in [-0.05, 0) is 19.8 Å². The number of nitrogens with one attached hydrogen (secondary N) is 1. The van der Waals surface area contributed by atoms with Gasteiger partial charge in [0.1, 0.15) is 0 Å². The van der Waals surface area contributed by atoms with Crippen LogP contribution >= 0.6 is 0 Å². The Hall–Kier alpha value is -1.59. The maximum Gasteiger partial charge on any atom is 0.309 e. The summed E-state index contributed by atoms with van der Waals surface area (Å²) in [4.78, 5) is 34.9. The van der Waals surface area contributed by atoms with Gasteiger partial charge in [-0.3, -0.25) is 14.4 Å². The zero-order valence-electron chi connectivity index (χ0n) is 10.2. The second-order valence-electron chi connectivity index (χ2n) is 4.66. The molecule has 17 heavy (non-hydrogen) atoms. The van der Waals surface area contributed by atoms with E-state index in [0.717, 1.165) is 0 Å². The molecular weight excluding hydrogens is 224 g/mol. The SMILES string of the molecule is CC(=O)NCC(=O)N1CCC(C)(C(=O)O)CC1. The van der Waals surface area contributed by atoms with Crippen LogP contribution in [0.3, 0.4) is 0 Å². The minimum atomic E-state index is -0.813. The van der Waals surface area contributed by atoms with Crippen LogP contribution in [0, 0.1) is 5.41 Å². The standard InChI is InChI=1S/C11H18N2O4/c1-8(14)12-7-9(15)13-5-3-11(2,4-6-13)10(16)17/h3-7H2,1-2H3,(H,12,14)(H,16,17). The predicted octanol–water partition coefficient (Wildman–Crippen LogP) is -0.164. The molecule has 0 unspecified atom stereocenters. The van der Waals surface area contributed by atoms with E-state index in [2.05, 4.69) is 5.32 Å². The number of carbonyl (C=O) groups excluding carboxylic acids is 2. The van der Waals surface area contributed by atoms with E-state index in [1.165, 1.54) is 6.92 Å². The summed E-state index contributed by atoms with van der Waals surface area (Å²) in [5, 5.41) is 11.5. The van der Waals surface area contributed by atoms with Crippen LogP contribution in [0.25, 0.3) is 0 Å². The Labute approximate surface area is 100.0 Å². The lowest BCUT2D eigenvalue weighted by Gasteiger charge is -2.36. The quantitative estimate of drug-likeness (QED) is 0.719. The molecule has 0 aliphatic carbocycles. The van der Waals surface area contributed by atoms with Gasteiger partial charge in [0.2, 0.25) is 11.8 Å². The average Bonchev–Trinajstić information content (AvgIpc) is 2.26. The van der Waals surface area contributed by atoms with E-state index in [-0.39, 0.29) is 18.4 Å². The second kappa shape index (κ2) is 5.16. The average molecular weight is 242 g/mol. The smallest absolute Gasteiger partial charge is 0.309 e. The fourth-order valence-corrected chi connectivity index (χ4v) is 1.78. The number of amides is 2. The fourth-order valence-electron chi connectivity index (χ4n) is 1.78. The first-order chi connectivity index (χ1) is 7.85. The molecule has 2 amide bonds. The number of hydrogen-bond acceptors (Lipinski definition) is 3. The van der Waals surface area contributed by atoms with Crippen LogP contribution in [0.15, 0.2) is 0 Å². The molecule has 1 aliphatic heterocycles. The molecular formula is C11H18N2O4. The third-order valence-corrected chi connectivity index (χ3v) is 3.22. The first kappa shape index (κ1) is 13.5. The molecule has 6 heteroatoms. The highest BCUT2D eigenvalue weighted by atomic mass is 16.4. The summed E-state index contributed by atoms with van der Waals surface area (Å²) in [5.74, 6) is -1.22. The van der Waals surface area contributed by atoms with Gasteiger partial charge >= 0.3 is 5.97 Å². The van der Waals surface area contributed by atoms with Gasteiger partial charge in [0.15, 0.2) is 0 Å². The van der Waals surface area contributed by atoms with Gasteiger partial charge in [-0.25, -0.2) is 0 Å². The number of likely N-dealkylation sites (tertiary alicyclic amines) is 1. The summed E-state index contributed by atoms with van der Waals surface area (Å²) in [7, 11) is 0. The topological polar surface area (TPSA) is 86.7 Å². The maximum atomic E-state index is 11.6. The van der Waals surface area contributed by atoms with Crippen LogP contribution < -0.4 is 5.32 Å². The minimum absolute atomic E-state index is 0.0148. The molecule has 1 fully saturated rings. The maximum absolute atomic E-state index is 11.6. The zero-order valence-corrected chi connectivity index (χ0v) is 10.2. The Morgan fingerprint density at radius 1 is 1.29 bits per heavy atom. The summed E-state index contributed by atoms with van der Waals surface area (Å²) >= 11 is 0. The monoisotopic (exact) mass is 242 g/mol. The molecule has 0 radical (unpaired) electrons. The van der Waals surface area contributed by atoms with Crippen molar-refractivity contribution in [1.29, 1.82) is 0 Å². The fraction of sp³-hybridized carbons (Fsp3) is 0.727. The molecule has 1 aliphatic rings. The lowest BCUT2D eigenvalue weighted by atomic mass is 9.80. The van der Waals surface area contributed by atoms with E-state index in [4.69, 9.17) is 5.11 Å². The van der Waals surface area contributed by atoms with E-state index in [1.807, 2.05) is 0 Å². The summed E-state index contributed by atoms with van der Waals surface area (Å²) in [6.45, 7) is 3.90. The lowest BCUT2D eigenvalue weighted by molar-refractivity contribution is -0.152. The normalized spacial score (nSPS) is 18.6. The van der Waals surface area contributed by atoms with Gasteiger partial charge < -0.3 is 15.3 Å². The number of carboxylic acids is 1. The number of rotatable bonds is 3. The number of nitrogens with zero attached hydrogens (tertiary/aromatic N) is 1. The van der Waals surface area contributed by atoms with E-state index in [1.54, 1.807) is 11.8 Å². The largest absolute Gasteiger partial charge is 0.481 e. The third-order valence-electron chi connectivity index (χ3n) is 3.22. The molecule has 0 saturated carbocycles. The van der Waals surface area contributed by atoms with Gasteiger partial charge in [-0.1, -0.05) is 0 Å². The van der Waals surface area contributed by atoms with Crippen LogP contribution in [0.1, 0.15) is 26.7 Å². The number of carbonyl (C=O) groups is 3. The zero-order chi connectivity index (χ0) is 13.1. The predicted molar refractivity (Wildman–Crippen MR) is 60.2 cm³/mol. The Bertz CT molecular complexity index is 332. The Balaban J connectivity index is 2.44. The van der Waals surface area contributed by atoms with Crippen LogP contribution in [0.4, 0.5) is 0 Å². The van der Waals surface area contributed by atoms with E-state index in [9.17, 15) is 14.4 Å². The number of carboxylic acid groups (broad SMARTS) is 1. The number of aliphatic carboxylic acids is 1. The van der Waals surface area contributed by atoms with E-state index in [0.29, 0.717) is 25.9 Å². The van der Waals surface area contributed by atoms with Crippen molar-refractivity contribution in [3.63, 3.8) is 0 Å². The number of hydrogen-bond donors (Lipinski definition) is 2. The van der Waals surface area contributed by atoms with Crippen molar-refractivity contribution in [1.82, 2.24) is 10.2 Å². The van der Waals surface area contributed by atoms with Crippen LogP contribution in [-0.2, 0) is 14.4 Å². The Kier molecular flexibility index (Phi) is 4.09. The van der Waals surface area contributed by atoms with Crippen LogP contribution in [0.2, 0.25) is 0 Å². The highest BCUT2D eigenvalue weighted by Gasteiger charge is 2.37. The van der Waals surface area contributed by atoms with E-state index >= 15 is 0 Å². The van der Waals surface area contributed by atoms with Crippen LogP contribution in [0.5, 0.6) is 0 Å². The molecule has 0 atom stereocenters. The molecule has 1 saturated heterocycles. The Morgan fingerprint density at radius 3 is 2.24 bits per heavy atom. The van der Waals surface area contributed by atoms with Crippen molar-refractivity contribution in [3.05, 3.63) is 0 Å². The molecule has 0 aromatic rings. The van der Waals surface area contributed by atoms with Gasteiger partial charge in [-0.15, -0.1) is 0 Å². The van der Waals surface area contributed by atoms with Crippen molar-refractivity contribution in [2.75, 3.05) is 19.6 Å². The first-order valence-corrected chi connectivity index (χ1v) is 5.61. The lowest BCUT2D eigenvalue weighted by Crippen LogP contribution is -2.48. The van der Waals surface area contributed by atoms with E-state index < -0.39 is 11.4 Å². The molecule has 0 bridgehead atoms. The molecule has 0 aromatic carbocycles. The van der Waals surface area contributed by atoms with Crippen molar-refractivity contribution in [2.24, 2.45) is 5.41 Å². The molecule has 1 rings (SSSR count). The first-order valence-electron chi connectivity index (χ1n) is 5.61. The summed E-state index contributed by atoms with van der Waals surface area (Å²) in [6, 6.07) is 0. The molecule has 6 nitrogen and oxygen atoms in total. The van der Waals surface area contributed by atoms with Crippen molar-refractivity contribution in [3.8, 4) is 0 Å². The highest BCUT2D eigenvalue weighted by Crippen LogP contribution is 2.30. The minimum Gasteiger partial charge on any atom is -0.481 e. The molecule has 96 valence electrons. The van der Waals surface area contributed by atoms with Crippen LogP contribution in [-0.4, -0.2) is 47.4 Å². The summed E-state index contributed by atoms with van der Waals surface area (Å²) in [5.41, 5.74) is -0.731. The molecule has 2 N–H and O–H groups in total. The summed E-state index contributed by atoms with van der Waals surface area (Å²) in [6.07, 6.45) is 0.905. The number of piperidine rings is 1. The molecule has 0 spiro atoms. The second-order valence-corrected chi connectivity index (χ2v) is 4.66. The van der Waals surface area contributed by atoms with Crippen molar-refractivity contribution >= 4 is 17.8 Å². The van der Waals surface area contributed by atoms with Crippen molar-refractivity contribution in [2.45, 2.75) is 26.7 Å². The third kappa shape index (κ3) is 3.44. The van der Waals surface area contributed by atoms with Crippen molar-refractivity contribution < 1.29 is 19.5 Å². The van der Waals surface area contributed by atoms with Gasteiger partial charge in [0, 0.05) is 20.0 Å². The van der Waals surface area contributed by atoms with Gasteiger partial charge in [0.25, 0.3) is 0 Å².